The number of likely N-dealkylation sites (tertiary alicyclic amines) is 1. The summed E-state index contributed by atoms with van der Waals surface area (Å²) in [6.45, 7) is 15.1. The molecule has 25 heavy (non-hydrogen) atoms. The van der Waals surface area contributed by atoms with Crippen molar-refractivity contribution in [1.29, 1.82) is 0 Å². The van der Waals surface area contributed by atoms with Gasteiger partial charge in [-0.05, 0) is 52.7 Å². The van der Waals surface area contributed by atoms with E-state index in [0.29, 0.717) is 19.4 Å². The lowest BCUT2D eigenvalue weighted by Crippen LogP contribution is -2.55. The molecule has 4 heteroatoms. The predicted octanol–water partition coefficient (Wildman–Crippen LogP) is 3.72. The van der Waals surface area contributed by atoms with Gasteiger partial charge in [-0.3, -0.25) is 9.80 Å². The topological polar surface area (TPSA) is 9.72 Å². The van der Waals surface area contributed by atoms with Crippen LogP contribution in [0.1, 0.15) is 39.2 Å². The molecule has 3 nitrogen and oxygen atoms in total. The fraction of sp³-hybridized carbons (Fsp3) is 0.714. The minimum absolute atomic E-state index is 0.154. The Kier molecular flexibility index (Phi) is 5.40. The van der Waals surface area contributed by atoms with Crippen LogP contribution in [-0.2, 0) is 0 Å². The van der Waals surface area contributed by atoms with E-state index in [-0.39, 0.29) is 5.54 Å². The number of piperidine rings is 1. The minimum Gasteiger partial charge on any atom is -0.369 e. The van der Waals surface area contributed by atoms with Crippen molar-refractivity contribution in [3.63, 3.8) is 0 Å². The van der Waals surface area contributed by atoms with Crippen LogP contribution in [0.25, 0.3) is 0 Å². The first-order chi connectivity index (χ1) is 11.8. The fourth-order valence-corrected chi connectivity index (χ4v) is 4.06. The third kappa shape index (κ3) is 4.73. The van der Waals surface area contributed by atoms with Gasteiger partial charge in [0.2, 0.25) is 0 Å². The van der Waals surface area contributed by atoms with E-state index in [2.05, 4.69) is 66.7 Å². The maximum absolute atomic E-state index is 15.3. The summed E-state index contributed by atoms with van der Waals surface area (Å²) in [6.07, 6.45) is 1.34. The molecule has 0 spiro atoms. The van der Waals surface area contributed by atoms with Crippen molar-refractivity contribution in [3.05, 3.63) is 29.8 Å². The number of rotatable bonds is 3. The van der Waals surface area contributed by atoms with Crippen molar-refractivity contribution in [2.45, 2.75) is 51.7 Å². The summed E-state index contributed by atoms with van der Waals surface area (Å²) in [6, 6.07) is 8.73. The van der Waals surface area contributed by atoms with Crippen LogP contribution in [0.2, 0.25) is 0 Å². The van der Waals surface area contributed by atoms with Crippen molar-refractivity contribution in [2.24, 2.45) is 0 Å². The van der Waals surface area contributed by atoms with Gasteiger partial charge in [-0.2, -0.15) is 0 Å². The van der Waals surface area contributed by atoms with E-state index >= 15 is 4.39 Å². The number of aryl methyl sites for hydroxylation is 1. The Morgan fingerprint density at radius 3 is 2.00 bits per heavy atom. The van der Waals surface area contributed by atoms with E-state index < -0.39 is 5.67 Å². The van der Waals surface area contributed by atoms with Crippen LogP contribution in [0.4, 0.5) is 10.1 Å². The third-order valence-electron chi connectivity index (χ3n) is 5.89. The minimum atomic E-state index is -1.01. The third-order valence-corrected chi connectivity index (χ3v) is 5.89. The smallest absolute Gasteiger partial charge is 0.126 e. The van der Waals surface area contributed by atoms with Gasteiger partial charge in [0.25, 0.3) is 0 Å². The zero-order valence-electron chi connectivity index (χ0n) is 16.4. The molecule has 2 saturated heterocycles. The molecule has 140 valence electrons. The average Bonchev–Trinajstić information content (AvgIpc) is 2.56. The first kappa shape index (κ1) is 18.7. The van der Waals surface area contributed by atoms with Crippen LogP contribution in [-0.4, -0.2) is 66.8 Å². The molecule has 0 amide bonds. The molecule has 0 N–H and O–H groups in total. The summed E-state index contributed by atoms with van der Waals surface area (Å²) in [5.41, 5.74) is 1.73. The molecule has 1 aromatic rings. The zero-order chi connectivity index (χ0) is 18.1. The normalized spacial score (nSPS) is 23.0. The second-order valence-corrected chi connectivity index (χ2v) is 8.91. The molecule has 0 unspecified atom stereocenters. The highest BCUT2D eigenvalue weighted by atomic mass is 19.1. The first-order valence-electron chi connectivity index (χ1n) is 9.73. The van der Waals surface area contributed by atoms with Gasteiger partial charge in [-0.15, -0.1) is 0 Å². The molecular formula is C21H34FN3. The lowest BCUT2D eigenvalue weighted by molar-refractivity contribution is -0.00484. The maximum Gasteiger partial charge on any atom is 0.126 e. The largest absolute Gasteiger partial charge is 0.369 e. The lowest BCUT2D eigenvalue weighted by Gasteiger charge is -2.45. The zero-order valence-corrected chi connectivity index (χ0v) is 16.4. The number of hydrogen-bond acceptors (Lipinski definition) is 3. The summed E-state index contributed by atoms with van der Waals surface area (Å²) >= 11 is 0. The van der Waals surface area contributed by atoms with Crippen molar-refractivity contribution >= 4 is 5.69 Å². The monoisotopic (exact) mass is 347 g/mol. The number of alkyl halides is 1. The number of hydrogen-bond donors (Lipinski definition) is 0. The second kappa shape index (κ2) is 7.24. The van der Waals surface area contributed by atoms with E-state index in [4.69, 9.17) is 0 Å². The van der Waals surface area contributed by atoms with Gasteiger partial charge < -0.3 is 4.90 Å². The van der Waals surface area contributed by atoms with Crippen molar-refractivity contribution in [3.8, 4) is 0 Å². The predicted molar refractivity (Wildman–Crippen MR) is 104 cm³/mol. The van der Waals surface area contributed by atoms with Gasteiger partial charge in [-0.1, -0.05) is 17.7 Å². The molecule has 0 bridgehead atoms. The number of piperazine rings is 1. The van der Waals surface area contributed by atoms with Crippen LogP contribution in [0.5, 0.6) is 0 Å². The molecule has 0 aromatic heterocycles. The molecule has 2 fully saturated rings. The number of anilines is 1. The number of halogens is 1. The Bertz CT molecular complexity index is 547. The molecular weight excluding hydrogens is 313 g/mol. The Balaban J connectivity index is 1.48. The Morgan fingerprint density at radius 1 is 0.920 bits per heavy atom. The van der Waals surface area contributed by atoms with Gasteiger partial charge >= 0.3 is 0 Å². The molecule has 0 aliphatic carbocycles. The van der Waals surface area contributed by atoms with Crippen LogP contribution < -0.4 is 4.90 Å². The van der Waals surface area contributed by atoms with Gasteiger partial charge in [0.15, 0.2) is 0 Å². The molecule has 0 radical (unpaired) electrons. The summed E-state index contributed by atoms with van der Waals surface area (Å²) in [7, 11) is 0. The van der Waals surface area contributed by atoms with Gasteiger partial charge in [0.05, 0.1) is 0 Å². The molecule has 0 saturated carbocycles. The molecule has 1 aromatic carbocycles. The molecule has 0 atom stereocenters. The Morgan fingerprint density at radius 2 is 1.48 bits per heavy atom. The van der Waals surface area contributed by atoms with Gasteiger partial charge in [-0.25, -0.2) is 4.39 Å². The lowest BCUT2D eigenvalue weighted by atomic mass is 9.89. The SMILES string of the molecule is Cc1ccc(N2CCN(CC3(F)CCN(C(C)(C)C)CC3)CC2)cc1. The molecule has 2 aliphatic rings. The van der Waals surface area contributed by atoms with Crippen LogP contribution in [0, 0.1) is 6.92 Å². The van der Waals surface area contributed by atoms with E-state index in [1.54, 1.807) is 0 Å². The summed E-state index contributed by atoms with van der Waals surface area (Å²) < 4.78 is 15.3. The van der Waals surface area contributed by atoms with Crippen LogP contribution in [0.3, 0.4) is 0 Å². The van der Waals surface area contributed by atoms with Crippen molar-refractivity contribution < 1.29 is 4.39 Å². The van der Waals surface area contributed by atoms with E-state index in [9.17, 15) is 0 Å². The average molecular weight is 348 g/mol. The standard InChI is InChI=1S/C21H34FN3/c1-18-5-7-19(8-6-18)24-15-13-23(14-16-24)17-21(22)9-11-25(12-10-21)20(2,3)4/h5-8H,9-17H2,1-4H3. The number of benzene rings is 1. The highest BCUT2D eigenvalue weighted by molar-refractivity contribution is 5.47. The number of nitrogens with zero attached hydrogens (tertiary/aromatic N) is 3. The van der Waals surface area contributed by atoms with Crippen molar-refractivity contribution in [2.75, 3.05) is 50.7 Å². The van der Waals surface area contributed by atoms with E-state index in [1.807, 2.05) is 0 Å². The second-order valence-electron chi connectivity index (χ2n) is 8.91. The fourth-order valence-electron chi connectivity index (χ4n) is 4.06. The Hall–Kier alpha value is -1.13. The van der Waals surface area contributed by atoms with Crippen LogP contribution >= 0.6 is 0 Å². The summed E-state index contributed by atoms with van der Waals surface area (Å²) in [4.78, 5) is 7.17. The highest BCUT2D eigenvalue weighted by Crippen LogP contribution is 2.31. The molecule has 3 rings (SSSR count). The van der Waals surface area contributed by atoms with Gasteiger partial charge in [0.1, 0.15) is 5.67 Å². The summed E-state index contributed by atoms with van der Waals surface area (Å²) in [5.74, 6) is 0. The highest BCUT2D eigenvalue weighted by Gasteiger charge is 2.39. The maximum atomic E-state index is 15.3. The molecule has 2 aliphatic heterocycles. The first-order valence-corrected chi connectivity index (χ1v) is 9.73. The quantitative estimate of drug-likeness (QED) is 0.825. The van der Waals surface area contributed by atoms with Crippen molar-refractivity contribution in [1.82, 2.24) is 9.80 Å². The van der Waals surface area contributed by atoms with E-state index in [0.717, 1.165) is 39.3 Å². The van der Waals surface area contributed by atoms with E-state index in [1.165, 1.54) is 11.3 Å². The van der Waals surface area contributed by atoms with Crippen LogP contribution in [0.15, 0.2) is 24.3 Å². The summed E-state index contributed by atoms with van der Waals surface area (Å²) in [5, 5.41) is 0. The molecule has 2 heterocycles. The Labute approximate surface area is 152 Å². The van der Waals surface area contributed by atoms with Gasteiger partial charge in [0, 0.05) is 57.0 Å².